The maximum atomic E-state index is 13.2. The average molecular weight is 553 g/mol. The van der Waals surface area contributed by atoms with Gasteiger partial charge in [0.1, 0.15) is 18.1 Å². The smallest absolute Gasteiger partial charge is 0.415 e. The molecule has 0 fully saturated rings. The highest BCUT2D eigenvalue weighted by atomic mass is 19.3. The Morgan fingerprint density at radius 2 is 1.77 bits per heavy atom. The molecule has 0 aromatic heterocycles. The van der Waals surface area contributed by atoms with Gasteiger partial charge in [0, 0.05) is 31.6 Å². The van der Waals surface area contributed by atoms with E-state index >= 15 is 0 Å². The van der Waals surface area contributed by atoms with Gasteiger partial charge in [0.2, 0.25) is 5.92 Å². The Morgan fingerprint density at radius 3 is 2.36 bits per heavy atom. The molecular weight excluding hydrogens is 518 g/mol. The maximum Gasteiger partial charge on any atom is 0.415 e. The number of aliphatic carboxylic acids is 1. The molecule has 10 nitrogen and oxygen atoms in total. The lowest BCUT2D eigenvalue weighted by Gasteiger charge is -2.22. The minimum absolute atomic E-state index is 0.00869. The Bertz CT molecular complexity index is 1110. The van der Waals surface area contributed by atoms with E-state index in [1.165, 1.54) is 17.0 Å². The average Bonchev–Trinajstić information content (AvgIpc) is 2.86. The highest BCUT2D eigenvalue weighted by Gasteiger charge is 2.22. The van der Waals surface area contributed by atoms with Crippen LogP contribution in [0, 0.1) is 17.0 Å². The molecule has 39 heavy (non-hydrogen) atoms. The summed E-state index contributed by atoms with van der Waals surface area (Å²) < 4.78 is 42.6. The zero-order chi connectivity index (χ0) is 29.0. The predicted molar refractivity (Wildman–Crippen MR) is 139 cm³/mol. The summed E-state index contributed by atoms with van der Waals surface area (Å²) in [7, 11) is 0. The van der Waals surface area contributed by atoms with E-state index in [0.717, 1.165) is 18.6 Å². The van der Waals surface area contributed by atoms with Crippen molar-refractivity contribution in [3.05, 3.63) is 63.7 Å². The number of benzene rings is 2. The van der Waals surface area contributed by atoms with Crippen LogP contribution in [-0.4, -0.2) is 65.3 Å². The van der Waals surface area contributed by atoms with Gasteiger partial charge in [0.05, 0.1) is 17.5 Å². The number of carboxylic acids is 1. The number of hydrogen-bond donors (Lipinski definition) is 1. The number of amides is 1. The number of halogens is 2. The van der Waals surface area contributed by atoms with E-state index in [1.54, 1.807) is 38.1 Å². The summed E-state index contributed by atoms with van der Waals surface area (Å²) >= 11 is 0. The number of carbonyl (C=O) groups excluding carboxylic acids is 1. The lowest BCUT2D eigenvalue weighted by molar-refractivity contribution is -0.385. The SMILES string of the molecule is CCOC(Cc1ccc(OCCN(CCCCC(C)(F)F)C(=O)Oc2ccc(C)c([N+](=O)[O-])c2)cc1)C(=O)O. The third-order valence-corrected chi connectivity index (χ3v) is 5.75. The number of nitrogens with zero attached hydrogens (tertiary/aromatic N) is 2. The molecule has 1 atom stereocenters. The highest BCUT2D eigenvalue weighted by Crippen LogP contribution is 2.25. The Kier molecular flexibility index (Phi) is 12.1. The third kappa shape index (κ3) is 11.2. The number of carbonyl (C=O) groups is 2. The van der Waals surface area contributed by atoms with Crippen LogP contribution in [0.4, 0.5) is 19.3 Å². The number of ether oxygens (including phenoxy) is 3. The number of carboxylic acid groups (broad SMARTS) is 1. The standard InChI is InChI=1S/C27H34F2N2O8/c1-4-37-24(25(32)33)17-20-8-11-21(12-9-20)38-16-15-30(14-6-5-13-27(3,28)29)26(34)39-22-10-7-19(2)23(18-22)31(35)36/h7-12,18,24H,4-6,13-17H2,1-3H3,(H,32,33). The molecule has 0 radical (unpaired) electrons. The van der Waals surface area contributed by atoms with Crippen LogP contribution in [0.3, 0.4) is 0 Å². The molecule has 1 unspecified atom stereocenters. The third-order valence-electron chi connectivity index (χ3n) is 5.75. The lowest BCUT2D eigenvalue weighted by atomic mass is 10.1. The van der Waals surface area contributed by atoms with Crippen LogP contribution in [0.1, 0.15) is 44.2 Å². The number of aryl methyl sites for hydroxylation is 1. The molecule has 1 amide bonds. The van der Waals surface area contributed by atoms with Gasteiger partial charge < -0.3 is 24.2 Å². The van der Waals surface area contributed by atoms with Crippen molar-refractivity contribution in [3.8, 4) is 11.5 Å². The lowest BCUT2D eigenvalue weighted by Crippen LogP contribution is -2.37. The molecule has 0 saturated carbocycles. The fraction of sp³-hybridized carbons (Fsp3) is 0.481. The van der Waals surface area contributed by atoms with Gasteiger partial charge in [-0.2, -0.15) is 0 Å². The van der Waals surface area contributed by atoms with E-state index in [9.17, 15) is 33.6 Å². The first-order chi connectivity index (χ1) is 18.4. The van der Waals surface area contributed by atoms with E-state index in [2.05, 4.69) is 0 Å². The largest absolute Gasteiger partial charge is 0.492 e. The summed E-state index contributed by atoms with van der Waals surface area (Å²) in [5, 5.41) is 20.4. The van der Waals surface area contributed by atoms with Crippen LogP contribution in [0.15, 0.2) is 42.5 Å². The Hall–Kier alpha value is -3.80. The number of hydrogen-bond acceptors (Lipinski definition) is 7. The maximum absolute atomic E-state index is 13.2. The molecule has 2 rings (SSSR count). The van der Waals surface area contributed by atoms with Crippen LogP contribution in [0.2, 0.25) is 0 Å². The molecule has 2 aromatic carbocycles. The highest BCUT2D eigenvalue weighted by molar-refractivity contribution is 5.72. The van der Waals surface area contributed by atoms with Crippen molar-refractivity contribution in [2.75, 3.05) is 26.3 Å². The van der Waals surface area contributed by atoms with Crippen molar-refractivity contribution in [1.82, 2.24) is 4.90 Å². The Balaban J connectivity index is 2.00. The van der Waals surface area contributed by atoms with Crippen LogP contribution in [-0.2, 0) is 16.0 Å². The number of nitro groups is 1. The predicted octanol–water partition coefficient (Wildman–Crippen LogP) is 5.64. The number of rotatable bonds is 16. The van der Waals surface area contributed by atoms with Crippen molar-refractivity contribution in [2.45, 2.75) is 58.5 Å². The van der Waals surface area contributed by atoms with Gasteiger partial charge in [-0.05, 0) is 63.4 Å². The Morgan fingerprint density at radius 1 is 1.10 bits per heavy atom. The molecule has 0 aliphatic rings. The second kappa shape index (κ2) is 15.0. The summed E-state index contributed by atoms with van der Waals surface area (Å²) in [5.41, 5.74) is 0.959. The van der Waals surface area contributed by atoms with E-state index in [0.29, 0.717) is 17.7 Å². The van der Waals surface area contributed by atoms with Gasteiger partial charge in [0.15, 0.2) is 6.10 Å². The zero-order valence-electron chi connectivity index (χ0n) is 22.2. The van der Waals surface area contributed by atoms with Gasteiger partial charge >= 0.3 is 12.1 Å². The van der Waals surface area contributed by atoms with Gasteiger partial charge in [0.25, 0.3) is 5.69 Å². The van der Waals surface area contributed by atoms with Crippen LogP contribution in [0.25, 0.3) is 0 Å². The Labute approximate surface area is 225 Å². The molecule has 0 aliphatic carbocycles. The molecule has 0 saturated heterocycles. The summed E-state index contributed by atoms with van der Waals surface area (Å²) in [4.78, 5) is 36.0. The van der Waals surface area contributed by atoms with Crippen LogP contribution in [0.5, 0.6) is 11.5 Å². The fourth-order valence-corrected chi connectivity index (χ4v) is 3.68. The molecule has 1 N–H and O–H groups in total. The summed E-state index contributed by atoms with van der Waals surface area (Å²) in [6, 6.07) is 10.8. The number of alkyl halides is 2. The van der Waals surface area contributed by atoms with E-state index in [1.807, 2.05) is 0 Å². The minimum Gasteiger partial charge on any atom is -0.492 e. The molecule has 12 heteroatoms. The summed E-state index contributed by atoms with van der Waals surface area (Å²) in [5.74, 6) is -3.39. The number of unbranched alkanes of at least 4 members (excludes halogenated alkanes) is 1. The van der Waals surface area contributed by atoms with Crippen LogP contribution < -0.4 is 9.47 Å². The minimum atomic E-state index is -2.81. The molecule has 214 valence electrons. The molecule has 0 bridgehead atoms. The quantitative estimate of drug-likeness (QED) is 0.161. The van der Waals surface area contributed by atoms with Gasteiger partial charge in [-0.3, -0.25) is 10.1 Å². The van der Waals surface area contributed by atoms with E-state index in [4.69, 9.17) is 14.2 Å². The van der Waals surface area contributed by atoms with Crippen LogP contribution >= 0.6 is 0 Å². The zero-order valence-corrected chi connectivity index (χ0v) is 22.2. The van der Waals surface area contributed by atoms with Crippen molar-refractivity contribution in [2.24, 2.45) is 0 Å². The van der Waals surface area contributed by atoms with Gasteiger partial charge in [-0.25, -0.2) is 18.4 Å². The summed E-state index contributed by atoms with van der Waals surface area (Å²) in [6.45, 7) is 4.65. The van der Waals surface area contributed by atoms with Gasteiger partial charge in [-0.1, -0.05) is 12.1 Å². The molecular formula is C27H34F2N2O8. The van der Waals surface area contributed by atoms with Gasteiger partial charge in [-0.15, -0.1) is 0 Å². The number of nitro benzene ring substituents is 1. The van der Waals surface area contributed by atoms with Crippen molar-refractivity contribution in [1.29, 1.82) is 0 Å². The molecule has 2 aromatic rings. The summed E-state index contributed by atoms with van der Waals surface area (Å²) in [6.07, 6.45) is -1.39. The topological polar surface area (TPSA) is 128 Å². The van der Waals surface area contributed by atoms with Crippen molar-refractivity contribution >= 4 is 17.7 Å². The second-order valence-corrected chi connectivity index (χ2v) is 9.07. The van der Waals surface area contributed by atoms with Crippen molar-refractivity contribution in [3.63, 3.8) is 0 Å². The normalized spacial score (nSPS) is 12.0. The van der Waals surface area contributed by atoms with Crippen molar-refractivity contribution < 1.29 is 42.6 Å². The first-order valence-electron chi connectivity index (χ1n) is 12.6. The first kappa shape index (κ1) is 31.4. The van der Waals surface area contributed by atoms with E-state index in [-0.39, 0.29) is 57.0 Å². The van der Waals surface area contributed by atoms with E-state index < -0.39 is 29.0 Å². The fourth-order valence-electron chi connectivity index (χ4n) is 3.68. The molecule has 0 heterocycles. The monoisotopic (exact) mass is 552 g/mol. The first-order valence-corrected chi connectivity index (χ1v) is 12.6. The molecule has 0 aliphatic heterocycles. The molecule has 0 spiro atoms. The second-order valence-electron chi connectivity index (χ2n) is 9.07.